The molecule has 1 aliphatic heterocycles. The van der Waals surface area contributed by atoms with E-state index in [0.717, 1.165) is 38.0 Å². The molecule has 0 aliphatic carbocycles. The number of nitrogens with one attached hydrogen (secondary N) is 1. The van der Waals surface area contributed by atoms with Crippen LogP contribution >= 0.6 is 0 Å². The summed E-state index contributed by atoms with van der Waals surface area (Å²) in [4.78, 5) is 0. The molecule has 1 aromatic rings. The van der Waals surface area contributed by atoms with Gasteiger partial charge in [-0.15, -0.1) is 0 Å². The lowest BCUT2D eigenvalue weighted by molar-refractivity contribution is -0.0864. The fraction of sp³-hybridized carbons (Fsp3) is 0.600. The maximum Gasteiger partial charge on any atom is 0.125 e. The molecule has 0 spiro atoms. The van der Waals surface area contributed by atoms with Crippen LogP contribution in [0.2, 0.25) is 0 Å². The van der Waals surface area contributed by atoms with Gasteiger partial charge in [0.2, 0.25) is 0 Å². The number of nitrogen functional groups attached to an aromatic ring is 1. The van der Waals surface area contributed by atoms with Gasteiger partial charge in [0.05, 0.1) is 17.0 Å². The Labute approximate surface area is 114 Å². The number of benzene rings is 1. The van der Waals surface area contributed by atoms with E-state index in [9.17, 15) is 4.39 Å². The van der Waals surface area contributed by atoms with Gasteiger partial charge in [-0.25, -0.2) is 4.39 Å². The van der Waals surface area contributed by atoms with Gasteiger partial charge in [0.1, 0.15) is 5.82 Å². The van der Waals surface area contributed by atoms with E-state index in [2.05, 4.69) is 19.2 Å². The van der Waals surface area contributed by atoms with Gasteiger partial charge in [-0.2, -0.15) is 0 Å². The van der Waals surface area contributed by atoms with Crippen LogP contribution in [-0.2, 0) is 4.74 Å². The van der Waals surface area contributed by atoms with Gasteiger partial charge in [0, 0.05) is 12.6 Å². The Bertz CT molecular complexity index is 432. The van der Waals surface area contributed by atoms with E-state index in [-0.39, 0.29) is 11.4 Å². The molecule has 1 saturated heterocycles. The lowest BCUT2D eigenvalue weighted by atomic mass is 9.86. The predicted molar refractivity (Wildman–Crippen MR) is 76.7 cm³/mol. The van der Waals surface area contributed by atoms with Crippen LogP contribution in [0.25, 0.3) is 0 Å². The molecule has 3 N–H and O–H groups in total. The number of anilines is 2. The van der Waals surface area contributed by atoms with Crippen LogP contribution in [0.1, 0.15) is 39.5 Å². The quantitative estimate of drug-likeness (QED) is 0.819. The van der Waals surface area contributed by atoms with Gasteiger partial charge in [-0.1, -0.05) is 13.8 Å². The molecule has 0 radical (unpaired) electrons. The number of hydrogen-bond acceptors (Lipinski definition) is 3. The van der Waals surface area contributed by atoms with Crippen molar-refractivity contribution >= 4 is 11.4 Å². The summed E-state index contributed by atoms with van der Waals surface area (Å²) in [7, 11) is 0. The first-order valence-electron chi connectivity index (χ1n) is 7.04. The zero-order valence-corrected chi connectivity index (χ0v) is 11.7. The van der Waals surface area contributed by atoms with E-state index in [1.165, 1.54) is 12.1 Å². The summed E-state index contributed by atoms with van der Waals surface area (Å²) in [6.45, 7) is 5.09. The lowest BCUT2D eigenvalue weighted by Crippen LogP contribution is -2.43. The SMILES string of the molecule is CCC1(CC)CC(Nc2ccc(F)cc2N)CCO1. The van der Waals surface area contributed by atoms with E-state index in [1.807, 2.05) is 0 Å². The van der Waals surface area contributed by atoms with Gasteiger partial charge >= 0.3 is 0 Å². The number of rotatable bonds is 4. The Kier molecular flexibility index (Phi) is 4.30. The second-order valence-corrected chi connectivity index (χ2v) is 5.30. The third-order valence-corrected chi connectivity index (χ3v) is 4.15. The van der Waals surface area contributed by atoms with E-state index >= 15 is 0 Å². The molecule has 2 rings (SSSR count). The minimum atomic E-state index is -0.300. The Morgan fingerprint density at radius 1 is 1.42 bits per heavy atom. The lowest BCUT2D eigenvalue weighted by Gasteiger charge is -2.40. The van der Waals surface area contributed by atoms with Crippen molar-refractivity contribution < 1.29 is 9.13 Å². The molecule has 0 bridgehead atoms. The Morgan fingerprint density at radius 3 is 2.79 bits per heavy atom. The summed E-state index contributed by atoms with van der Waals surface area (Å²) >= 11 is 0. The molecule has 1 heterocycles. The fourth-order valence-corrected chi connectivity index (χ4v) is 2.78. The van der Waals surface area contributed by atoms with Crippen LogP contribution < -0.4 is 11.1 Å². The van der Waals surface area contributed by atoms with Crippen molar-refractivity contribution in [1.82, 2.24) is 0 Å². The van der Waals surface area contributed by atoms with E-state index < -0.39 is 0 Å². The molecule has 106 valence electrons. The minimum absolute atomic E-state index is 0.0231. The monoisotopic (exact) mass is 266 g/mol. The number of nitrogens with two attached hydrogens (primary N) is 1. The van der Waals surface area contributed by atoms with Crippen molar-refractivity contribution in [3.63, 3.8) is 0 Å². The van der Waals surface area contributed by atoms with Gasteiger partial charge in [0.15, 0.2) is 0 Å². The van der Waals surface area contributed by atoms with Gasteiger partial charge in [-0.3, -0.25) is 0 Å². The highest BCUT2D eigenvalue weighted by molar-refractivity contribution is 5.66. The van der Waals surface area contributed by atoms with Crippen LogP contribution in [0.4, 0.5) is 15.8 Å². The van der Waals surface area contributed by atoms with Gasteiger partial charge < -0.3 is 15.8 Å². The highest BCUT2D eigenvalue weighted by Crippen LogP contribution is 2.33. The maximum atomic E-state index is 13.0. The van der Waals surface area contributed by atoms with Gasteiger partial charge in [-0.05, 0) is 43.9 Å². The molecule has 0 saturated carbocycles. The normalized spacial score (nSPS) is 22.2. The average Bonchev–Trinajstić information content (AvgIpc) is 2.42. The third kappa shape index (κ3) is 3.18. The molecule has 4 heteroatoms. The topological polar surface area (TPSA) is 47.3 Å². The molecular weight excluding hydrogens is 243 g/mol. The molecular formula is C15H23FN2O. The summed E-state index contributed by atoms with van der Waals surface area (Å²) in [5.41, 5.74) is 7.09. The number of hydrogen-bond donors (Lipinski definition) is 2. The van der Waals surface area contributed by atoms with Crippen LogP contribution in [0.3, 0.4) is 0 Å². The Hall–Kier alpha value is -1.29. The molecule has 1 fully saturated rings. The average molecular weight is 266 g/mol. The first-order chi connectivity index (χ1) is 9.08. The molecule has 1 aromatic carbocycles. The molecule has 1 atom stereocenters. The fourth-order valence-electron chi connectivity index (χ4n) is 2.78. The molecule has 0 aromatic heterocycles. The van der Waals surface area contributed by atoms with E-state index in [1.54, 1.807) is 6.07 Å². The van der Waals surface area contributed by atoms with Crippen LogP contribution in [0.5, 0.6) is 0 Å². The van der Waals surface area contributed by atoms with Crippen LogP contribution in [0, 0.1) is 5.82 Å². The second kappa shape index (κ2) is 5.78. The van der Waals surface area contributed by atoms with Crippen molar-refractivity contribution in [2.45, 2.75) is 51.2 Å². The van der Waals surface area contributed by atoms with Crippen molar-refractivity contribution in [2.24, 2.45) is 0 Å². The molecule has 0 amide bonds. The standard InChI is InChI=1S/C15H23FN2O/c1-3-15(4-2)10-12(7-8-19-15)18-14-6-5-11(16)9-13(14)17/h5-6,9,12,18H,3-4,7-8,10,17H2,1-2H3. The van der Waals surface area contributed by atoms with E-state index in [0.29, 0.717) is 11.7 Å². The molecule has 3 nitrogen and oxygen atoms in total. The van der Waals surface area contributed by atoms with Crippen LogP contribution in [0.15, 0.2) is 18.2 Å². The first kappa shape index (κ1) is 14.1. The van der Waals surface area contributed by atoms with Crippen molar-refractivity contribution in [3.05, 3.63) is 24.0 Å². The Balaban J connectivity index is 2.06. The number of ether oxygens (including phenoxy) is 1. The molecule has 1 aliphatic rings. The first-order valence-corrected chi connectivity index (χ1v) is 7.04. The summed E-state index contributed by atoms with van der Waals surface area (Å²) < 4.78 is 19.0. The predicted octanol–water partition coefficient (Wildman–Crippen LogP) is 3.56. The largest absolute Gasteiger partial charge is 0.397 e. The summed E-state index contributed by atoms with van der Waals surface area (Å²) in [6.07, 6.45) is 3.95. The zero-order valence-electron chi connectivity index (χ0n) is 11.7. The summed E-state index contributed by atoms with van der Waals surface area (Å²) in [5, 5.41) is 3.43. The minimum Gasteiger partial charge on any atom is -0.397 e. The number of halogens is 1. The smallest absolute Gasteiger partial charge is 0.125 e. The zero-order chi connectivity index (χ0) is 13.9. The highest BCUT2D eigenvalue weighted by atomic mass is 19.1. The third-order valence-electron chi connectivity index (χ3n) is 4.15. The van der Waals surface area contributed by atoms with Crippen molar-refractivity contribution in [1.29, 1.82) is 0 Å². The van der Waals surface area contributed by atoms with E-state index in [4.69, 9.17) is 10.5 Å². The molecule has 1 unspecified atom stereocenters. The van der Waals surface area contributed by atoms with Gasteiger partial charge in [0.25, 0.3) is 0 Å². The van der Waals surface area contributed by atoms with Crippen molar-refractivity contribution in [3.8, 4) is 0 Å². The Morgan fingerprint density at radius 2 is 2.16 bits per heavy atom. The molecule has 19 heavy (non-hydrogen) atoms. The highest BCUT2D eigenvalue weighted by Gasteiger charge is 2.34. The summed E-state index contributed by atoms with van der Waals surface area (Å²) in [6, 6.07) is 4.83. The summed E-state index contributed by atoms with van der Waals surface area (Å²) in [5.74, 6) is -0.300. The van der Waals surface area contributed by atoms with Crippen molar-refractivity contribution in [2.75, 3.05) is 17.7 Å². The van der Waals surface area contributed by atoms with Crippen LogP contribution in [-0.4, -0.2) is 18.2 Å². The maximum absolute atomic E-state index is 13.0. The second-order valence-electron chi connectivity index (χ2n) is 5.30.